The molecule has 1 aromatic carbocycles. The first kappa shape index (κ1) is 22.3. The molecule has 0 aliphatic heterocycles. The van der Waals surface area contributed by atoms with Gasteiger partial charge in [0, 0.05) is 12.6 Å². The van der Waals surface area contributed by atoms with Gasteiger partial charge in [-0.3, -0.25) is 24.3 Å². The van der Waals surface area contributed by atoms with Crippen LogP contribution >= 0.6 is 39.1 Å². The van der Waals surface area contributed by atoms with E-state index in [1.54, 1.807) is 36.9 Å². The lowest BCUT2D eigenvalue weighted by Gasteiger charge is -2.05. The predicted molar refractivity (Wildman–Crippen MR) is 117 cm³/mol. The average Bonchev–Trinajstić information content (AvgIpc) is 3.14. The summed E-state index contributed by atoms with van der Waals surface area (Å²) in [4.78, 5) is 23.0. The van der Waals surface area contributed by atoms with Crippen LogP contribution < -0.4 is 5.32 Å². The van der Waals surface area contributed by atoms with Crippen LogP contribution in [-0.2, 0) is 17.9 Å². The first-order valence-electron chi connectivity index (χ1n) is 8.81. The molecule has 12 heteroatoms. The summed E-state index contributed by atoms with van der Waals surface area (Å²) in [5, 5.41) is 23.2. The van der Waals surface area contributed by atoms with Crippen molar-refractivity contribution in [3.8, 4) is 0 Å². The highest BCUT2D eigenvalue weighted by molar-refractivity contribution is 9.10. The van der Waals surface area contributed by atoms with E-state index >= 15 is 0 Å². The summed E-state index contributed by atoms with van der Waals surface area (Å²) in [5.74, 6) is 0.0881. The fraction of sp³-hybridized carbons (Fsp3) is 0.278. The maximum atomic E-state index is 12.3. The van der Waals surface area contributed by atoms with Gasteiger partial charge in [-0.05, 0) is 47.5 Å². The Bertz CT molecular complexity index is 1130. The number of rotatable bonds is 7. The minimum atomic E-state index is -0.466. The normalized spacial score (nSPS) is 11.0. The van der Waals surface area contributed by atoms with Gasteiger partial charge >= 0.3 is 5.69 Å². The number of carbonyl (C=O) groups is 1. The maximum absolute atomic E-state index is 12.3. The van der Waals surface area contributed by atoms with Gasteiger partial charge in [-0.1, -0.05) is 29.3 Å². The first-order valence-corrected chi connectivity index (χ1v) is 10.4. The molecule has 9 nitrogen and oxygen atoms in total. The van der Waals surface area contributed by atoms with Crippen molar-refractivity contribution in [2.24, 2.45) is 0 Å². The van der Waals surface area contributed by atoms with E-state index < -0.39 is 4.92 Å². The van der Waals surface area contributed by atoms with Crippen molar-refractivity contribution in [3.63, 3.8) is 0 Å². The molecule has 0 radical (unpaired) electrons. The number of aromatic nitrogens is 4. The van der Waals surface area contributed by atoms with Crippen molar-refractivity contribution >= 4 is 56.5 Å². The molecule has 3 aromatic rings. The summed E-state index contributed by atoms with van der Waals surface area (Å²) in [6, 6.07) is 5.31. The third kappa shape index (κ3) is 5.00. The summed E-state index contributed by atoms with van der Waals surface area (Å²) in [5.41, 5.74) is 1.61. The van der Waals surface area contributed by atoms with Crippen LogP contribution in [0.2, 0.25) is 10.0 Å². The number of halogens is 3. The van der Waals surface area contributed by atoms with E-state index in [1.165, 1.54) is 4.68 Å². The van der Waals surface area contributed by atoms with Gasteiger partial charge in [-0.25, -0.2) is 0 Å². The van der Waals surface area contributed by atoms with Gasteiger partial charge in [-0.2, -0.15) is 10.2 Å². The lowest BCUT2D eigenvalue weighted by molar-refractivity contribution is -0.386. The van der Waals surface area contributed by atoms with Gasteiger partial charge < -0.3 is 5.32 Å². The van der Waals surface area contributed by atoms with Crippen LogP contribution in [0.5, 0.6) is 0 Å². The molecule has 158 valence electrons. The highest BCUT2D eigenvalue weighted by Gasteiger charge is 2.22. The topological polar surface area (TPSA) is 108 Å². The molecule has 0 saturated carbocycles. The maximum Gasteiger partial charge on any atom is 0.312 e. The quantitative estimate of drug-likeness (QED) is 0.360. The SMILES string of the molecule is Cc1nn(CCC(=O)Nc2nn(Cc3ccc(Cl)c(Cl)c3)cc2Br)c(C)c1[N+](=O)[O-]. The Morgan fingerprint density at radius 3 is 2.63 bits per heavy atom. The van der Waals surface area contributed by atoms with Crippen LogP contribution in [0.3, 0.4) is 0 Å². The van der Waals surface area contributed by atoms with Crippen LogP contribution in [-0.4, -0.2) is 30.4 Å². The van der Waals surface area contributed by atoms with Crippen molar-refractivity contribution in [1.29, 1.82) is 0 Å². The van der Waals surface area contributed by atoms with Gasteiger partial charge in [0.1, 0.15) is 11.4 Å². The van der Waals surface area contributed by atoms with Crippen molar-refractivity contribution in [1.82, 2.24) is 19.6 Å². The predicted octanol–water partition coefficient (Wildman–Crippen LogP) is 4.75. The summed E-state index contributed by atoms with van der Waals surface area (Å²) in [6.45, 7) is 3.84. The van der Waals surface area contributed by atoms with E-state index in [-0.39, 0.29) is 24.6 Å². The number of benzene rings is 1. The Kier molecular flexibility index (Phi) is 6.79. The fourth-order valence-corrected chi connectivity index (χ4v) is 3.69. The molecule has 3 rings (SSSR count). The van der Waals surface area contributed by atoms with Crippen LogP contribution in [0, 0.1) is 24.0 Å². The fourth-order valence-electron chi connectivity index (χ4n) is 2.96. The summed E-state index contributed by atoms with van der Waals surface area (Å²) in [6.07, 6.45) is 1.83. The summed E-state index contributed by atoms with van der Waals surface area (Å²) in [7, 11) is 0. The number of aryl methyl sites for hydroxylation is 2. The molecule has 0 aliphatic rings. The monoisotopic (exact) mass is 514 g/mol. The Labute approximate surface area is 190 Å². The highest BCUT2D eigenvalue weighted by atomic mass is 79.9. The molecule has 0 spiro atoms. The number of amides is 1. The third-order valence-corrected chi connectivity index (χ3v) is 5.70. The van der Waals surface area contributed by atoms with Gasteiger partial charge in [0.15, 0.2) is 5.82 Å². The number of nitro groups is 1. The van der Waals surface area contributed by atoms with Gasteiger partial charge in [-0.15, -0.1) is 0 Å². The van der Waals surface area contributed by atoms with Gasteiger partial charge in [0.05, 0.1) is 32.5 Å². The number of nitrogens with one attached hydrogen (secondary N) is 1. The van der Waals surface area contributed by atoms with Gasteiger partial charge in [0.25, 0.3) is 0 Å². The second kappa shape index (κ2) is 9.15. The minimum Gasteiger partial charge on any atom is -0.308 e. The number of hydrogen-bond donors (Lipinski definition) is 1. The van der Waals surface area contributed by atoms with E-state index in [0.29, 0.717) is 38.3 Å². The highest BCUT2D eigenvalue weighted by Crippen LogP contribution is 2.25. The Morgan fingerprint density at radius 2 is 2.00 bits per heavy atom. The average molecular weight is 516 g/mol. The molecule has 0 unspecified atom stereocenters. The Balaban J connectivity index is 1.63. The smallest absolute Gasteiger partial charge is 0.308 e. The lowest BCUT2D eigenvalue weighted by atomic mass is 10.2. The first-order chi connectivity index (χ1) is 14.2. The number of anilines is 1. The van der Waals surface area contributed by atoms with E-state index in [4.69, 9.17) is 23.2 Å². The molecule has 0 atom stereocenters. The van der Waals surface area contributed by atoms with E-state index in [1.807, 2.05) is 6.07 Å². The molecule has 1 amide bonds. The number of hydrogen-bond acceptors (Lipinski definition) is 5. The molecule has 0 saturated heterocycles. The van der Waals surface area contributed by atoms with Crippen molar-refractivity contribution in [2.45, 2.75) is 33.4 Å². The largest absolute Gasteiger partial charge is 0.312 e. The molecule has 0 bridgehead atoms. The zero-order valence-electron chi connectivity index (χ0n) is 16.0. The van der Waals surface area contributed by atoms with E-state index in [0.717, 1.165) is 5.56 Å². The van der Waals surface area contributed by atoms with Crippen LogP contribution in [0.4, 0.5) is 11.5 Å². The molecular weight excluding hydrogens is 499 g/mol. The lowest BCUT2D eigenvalue weighted by Crippen LogP contribution is -2.16. The zero-order valence-corrected chi connectivity index (χ0v) is 19.1. The molecule has 2 heterocycles. The standard InChI is InChI=1S/C18H17BrCl2N6O3/c1-10-17(27(29)30)11(2)26(23-10)6-5-16(28)22-18-13(19)9-25(24-18)8-12-3-4-14(20)15(21)7-12/h3-4,7,9H,5-6,8H2,1-2H3,(H,22,24,28). The number of nitrogens with zero attached hydrogens (tertiary/aromatic N) is 5. The second-order valence-electron chi connectivity index (χ2n) is 6.57. The molecule has 1 N–H and O–H groups in total. The Hall–Kier alpha value is -2.43. The van der Waals surface area contributed by atoms with Crippen molar-refractivity contribution in [2.75, 3.05) is 5.32 Å². The minimum absolute atomic E-state index is 0.0285. The Morgan fingerprint density at radius 1 is 1.27 bits per heavy atom. The number of carbonyl (C=O) groups excluding carboxylic acids is 1. The second-order valence-corrected chi connectivity index (χ2v) is 8.24. The van der Waals surface area contributed by atoms with E-state index in [2.05, 4.69) is 31.4 Å². The molecule has 0 aliphatic carbocycles. The summed E-state index contributed by atoms with van der Waals surface area (Å²) >= 11 is 15.4. The van der Waals surface area contributed by atoms with Gasteiger partial charge in [0.2, 0.25) is 5.91 Å². The molecule has 2 aromatic heterocycles. The van der Waals surface area contributed by atoms with Crippen LogP contribution in [0.25, 0.3) is 0 Å². The zero-order chi connectivity index (χ0) is 22.0. The van der Waals surface area contributed by atoms with Crippen LogP contribution in [0.15, 0.2) is 28.9 Å². The molecule has 0 fully saturated rings. The summed E-state index contributed by atoms with van der Waals surface area (Å²) < 4.78 is 3.74. The van der Waals surface area contributed by atoms with Crippen molar-refractivity contribution < 1.29 is 9.72 Å². The van der Waals surface area contributed by atoms with Crippen LogP contribution in [0.1, 0.15) is 23.4 Å². The third-order valence-electron chi connectivity index (χ3n) is 4.38. The molecular formula is C18H17BrCl2N6O3. The van der Waals surface area contributed by atoms with E-state index in [9.17, 15) is 14.9 Å². The molecule has 30 heavy (non-hydrogen) atoms. The van der Waals surface area contributed by atoms with Crippen molar-refractivity contribution in [3.05, 3.63) is 66.0 Å².